The van der Waals surface area contributed by atoms with Crippen molar-refractivity contribution in [3.63, 3.8) is 0 Å². The molecule has 9 heteroatoms. The molecule has 0 saturated heterocycles. The number of rotatable bonds is 7. The molecular formula is C23H21F2N3O3S. The first kappa shape index (κ1) is 21.9. The van der Waals surface area contributed by atoms with Crippen LogP contribution in [0.2, 0.25) is 0 Å². The molecule has 32 heavy (non-hydrogen) atoms. The van der Waals surface area contributed by atoms with Gasteiger partial charge in [-0.05, 0) is 30.2 Å². The third kappa shape index (κ3) is 4.21. The highest BCUT2D eigenvalue weighted by Gasteiger charge is 2.26. The molecule has 2 aromatic heterocycles. The molecule has 0 aliphatic heterocycles. The number of fused-ring (bicyclic) bond motifs is 1. The van der Waals surface area contributed by atoms with E-state index in [0.29, 0.717) is 17.5 Å². The minimum atomic E-state index is -3.80. The molecule has 2 aromatic carbocycles. The van der Waals surface area contributed by atoms with Crippen LogP contribution in [0.3, 0.4) is 0 Å². The Hall–Kier alpha value is -3.30. The predicted octanol–water partition coefficient (Wildman–Crippen LogP) is 4.74. The lowest BCUT2D eigenvalue weighted by Gasteiger charge is -2.16. The fourth-order valence-electron chi connectivity index (χ4n) is 3.58. The fourth-order valence-corrected chi connectivity index (χ4v) is 4.71. The van der Waals surface area contributed by atoms with Gasteiger partial charge in [-0.2, -0.15) is 0 Å². The average Bonchev–Trinajstić information content (AvgIpc) is 3.19. The summed E-state index contributed by atoms with van der Waals surface area (Å²) in [7, 11) is -3.80. The number of benzene rings is 2. The molecule has 3 N–H and O–H groups in total. The molecule has 0 fully saturated rings. The van der Waals surface area contributed by atoms with Gasteiger partial charge in [0, 0.05) is 28.9 Å². The lowest BCUT2D eigenvalue weighted by Crippen LogP contribution is -2.18. The summed E-state index contributed by atoms with van der Waals surface area (Å²) < 4.78 is 55.9. The van der Waals surface area contributed by atoms with Crippen molar-refractivity contribution in [1.82, 2.24) is 9.97 Å². The highest BCUT2D eigenvalue weighted by molar-refractivity contribution is 7.92. The number of hydrogen-bond donors (Lipinski definition) is 3. The second-order valence-corrected chi connectivity index (χ2v) is 9.22. The number of halogens is 2. The summed E-state index contributed by atoms with van der Waals surface area (Å²) >= 11 is 0. The highest BCUT2D eigenvalue weighted by Crippen LogP contribution is 2.35. The molecule has 166 valence electrons. The molecule has 6 nitrogen and oxygen atoms in total. The number of anilines is 1. The van der Waals surface area contributed by atoms with Crippen molar-refractivity contribution < 1.29 is 22.3 Å². The normalized spacial score (nSPS) is 12.8. The molecule has 0 spiro atoms. The Bertz CT molecular complexity index is 1370. The lowest BCUT2D eigenvalue weighted by molar-refractivity contribution is 0.211. The third-order valence-corrected chi connectivity index (χ3v) is 6.58. The summed E-state index contributed by atoms with van der Waals surface area (Å²) in [6.07, 6.45) is 1.74. The molecule has 4 aromatic rings. The van der Waals surface area contributed by atoms with Crippen molar-refractivity contribution in [3.05, 3.63) is 83.7 Å². The summed E-state index contributed by atoms with van der Waals surface area (Å²) in [6, 6.07) is 13.1. The van der Waals surface area contributed by atoms with Crippen LogP contribution in [0.5, 0.6) is 0 Å². The van der Waals surface area contributed by atoms with Crippen molar-refractivity contribution >= 4 is 26.7 Å². The molecule has 1 unspecified atom stereocenters. The van der Waals surface area contributed by atoms with E-state index >= 15 is 4.39 Å². The molecule has 0 amide bonds. The van der Waals surface area contributed by atoms with E-state index in [2.05, 4.69) is 14.7 Å². The van der Waals surface area contributed by atoms with Gasteiger partial charge >= 0.3 is 0 Å². The predicted molar refractivity (Wildman–Crippen MR) is 120 cm³/mol. The van der Waals surface area contributed by atoms with Crippen LogP contribution in [0, 0.1) is 11.6 Å². The van der Waals surface area contributed by atoms with E-state index in [4.69, 9.17) is 0 Å². The Morgan fingerprint density at radius 3 is 2.59 bits per heavy atom. The van der Waals surface area contributed by atoms with Crippen LogP contribution in [0.1, 0.15) is 30.6 Å². The Balaban J connectivity index is 1.78. The third-order valence-electron chi connectivity index (χ3n) is 5.10. The lowest BCUT2D eigenvalue weighted by atomic mass is 9.98. The zero-order valence-electron chi connectivity index (χ0n) is 17.1. The molecule has 4 rings (SSSR count). The fraction of sp³-hybridized carbons (Fsp3) is 0.174. The van der Waals surface area contributed by atoms with Crippen LogP contribution in [0.15, 0.2) is 60.9 Å². The van der Waals surface area contributed by atoms with Gasteiger partial charge in [0.2, 0.25) is 10.0 Å². The maximum Gasteiger partial charge on any atom is 0.232 e. The summed E-state index contributed by atoms with van der Waals surface area (Å²) in [5.41, 5.74) is 1.27. The quantitative estimate of drug-likeness (QED) is 0.374. The molecule has 0 aliphatic rings. The zero-order chi connectivity index (χ0) is 22.9. The van der Waals surface area contributed by atoms with Gasteiger partial charge in [-0.15, -0.1) is 0 Å². The van der Waals surface area contributed by atoms with E-state index in [-0.39, 0.29) is 11.3 Å². The zero-order valence-corrected chi connectivity index (χ0v) is 18.0. The van der Waals surface area contributed by atoms with Gasteiger partial charge in [0.25, 0.3) is 0 Å². The molecule has 1 atom stereocenters. The van der Waals surface area contributed by atoms with E-state index in [1.807, 2.05) is 30.3 Å². The minimum absolute atomic E-state index is 0.210. The monoisotopic (exact) mass is 457 g/mol. The van der Waals surface area contributed by atoms with Crippen molar-refractivity contribution in [2.75, 3.05) is 10.5 Å². The van der Waals surface area contributed by atoms with Crippen LogP contribution in [0.4, 0.5) is 14.5 Å². The molecule has 0 radical (unpaired) electrons. The number of sulfonamides is 1. The van der Waals surface area contributed by atoms with Crippen molar-refractivity contribution in [2.45, 2.75) is 19.4 Å². The Morgan fingerprint density at radius 2 is 1.88 bits per heavy atom. The molecule has 0 bridgehead atoms. The molecule has 0 aliphatic carbocycles. The number of nitrogens with one attached hydrogen (secondary N) is 2. The number of aromatic nitrogens is 2. The van der Waals surface area contributed by atoms with Crippen LogP contribution in [-0.4, -0.2) is 29.2 Å². The summed E-state index contributed by atoms with van der Waals surface area (Å²) in [5, 5.41) is 11.4. The Kier molecular flexibility index (Phi) is 5.94. The highest BCUT2D eigenvalue weighted by atomic mass is 32.2. The molecule has 0 saturated carbocycles. The van der Waals surface area contributed by atoms with Crippen LogP contribution in [0.25, 0.3) is 22.2 Å². The number of hydrogen-bond acceptors (Lipinski definition) is 4. The standard InChI is InChI=1S/C23H21F2N3O3S/c1-2-10-32(30,31)28-19-9-8-18(24)20(21(19)25)22(29)17-13-27-23-16(17)11-15(12-26-23)14-6-4-3-5-7-14/h3-9,11-13,22,28-29H,2,10H2,1H3,(H,26,27). The van der Waals surface area contributed by atoms with Crippen molar-refractivity contribution in [1.29, 1.82) is 0 Å². The smallest absolute Gasteiger partial charge is 0.232 e. The summed E-state index contributed by atoms with van der Waals surface area (Å²) in [5.74, 6) is -2.37. The van der Waals surface area contributed by atoms with Crippen LogP contribution >= 0.6 is 0 Å². The second-order valence-electron chi connectivity index (χ2n) is 7.38. The Morgan fingerprint density at radius 1 is 1.12 bits per heavy atom. The van der Waals surface area contributed by atoms with Gasteiger partial charge in [-0.1, -0.05) is 37.3 Å². The summed E-state index contributed by atoms with van der Waals surface area (Å²) in [6.45, 7) is 1.67. The number of aromatic amines is 1. The summed E-state index contributed by atoms with van der Waals surface area (Å²) in [4.78, 5) is 7.24. The van der Waals surface area contributed by atoms with Gasteiger partial charge in [0.15, 0.2) is 5.82 Å². The molecular weight excluding hydrogens is 436 g/mol. The van der Waals surface area contributed by atoms with Crippen molar-refractivity contribution in [3.8, 4) is 11.1 Å². The van der Waals surface area contributed by atoms with E-state index in [1.54, 1.807) is 19.2 Å². The van der Waals surface area contributed by atoms with Gasteiger partial charge in [0.05, 0.1) is 17.0 Å². The first-order valence-corrected chi connectivity index (χ1v) is 11.6. The van der Waals surface area contributed by atoms with Gasteiger partial charge in [-0.3, -0.25) is 4.72 Å². The first-order valence-electron chi connectivity index (χ1n) is 9.99. The number of aliphatic hydroxyl groups is 1. The first-order chi connectivity index (χ1) is 15.3. The van der Waals surface area contributed by atoms with Gasteiger partial charge < -0.3 is 10.1 Å². The minimum Gasteiger partial charge on any atom is -0.383 e. The topological polar surface area (TPSA) is 95.1 Å². The van der Waals surface area contributed by atoms with Crippen molar-refractivity contribution in [2.24, 2.45) is 0 Å². The van der Waals surface area contributed by atoms with E-state index in [9.17, 15) is 17.9 Å². The second kappa shape index (κ2) is 8.68. The number of nitrogens with zero attached hydrogens (tertiary/aromatic N) is 1. The van der Waals surface area contributed by atoms with E-state index in [1.165, 1.54) is 6.20 Å². The largest absolute Gasteiger partial charge is 0.383 e. The van der Waals surface area contributed by atoms with Gasteiger partial charge in [-0.25, -0.2) is 22.2 Å². The maximum absolute atomic E-state index is 15.1. The van der Waals surface area contributed by atoms with E-state index in [0.717, 1.165) is 23.3 Å². The SMILES string of the molecule is CCCS(=O)(=O)Nc1ccc(F)c(C(O)c2c[nH]c3ncc(-c4ccccc4)cc23)c1F. The van der Waals surface area contributed by atoms with E-state index < -0.39 is 39.0 Å². The maximum atomic E-state index is 15.1. The number of H-pyrrole nitrogens is 1. The number of aliphatic hydroxyl groups excluding tert-OH is 1. The molecule has 2 heterocycles. The van der Waals surface area contributed by atoms with Gasteiger partial charge in [0.1, 0.15) is 17.6 Å². The van der Waals surface area contributed by atoms with Crippen LogP contribution < -0.4 is 4.72 Å². The average molecular weight is 458 g/mol. The number of pyridine rings is 1. The Labute approximate surface area is 184 Å². The van der Waals surface area contributed by atoms with Crippen LogP contribution in [-0.2, 0) is 10.0 Å².